The maximum Gasteiger partial charge on any atom is 0.145 e. The van der Waals surface area contributed by atoms with Gasteiger partial charge in [-0.1, -0.05) is 6.92 Å². The average molecular weight is 181 g/mol. The van der Waals surface area contributed by atoms with Gasteiger partial charge in [0.25, 0.3) is 0 Å². The summed E-state index contributed by atoms with van der Waals surface area (Å²) in [7, 11) is 0. The molecule has 0 N–H and O–H groups in total. The Balaban J connectivity index is 3.04. The lowest BCUT2D eigenvalue weighted by Gasteiger charge is -2.10. The van der Waals surface area contributed by atoms with Crippen LogP contribution in [0.15, 0.2) is 18.3 Å². The van der Waals surface area contributed by atoms with E-state index in [1.54, 1.807) is 0 Å². The highest BCUT2D eigenvalue weighted by atomic mass is 19.1. The number of hydrogen-bond donors (Lipinski definition) is 0. The van der Waals surface area contributed by atoms with Gasteiger partial charge in [-0.05, 0) is 25.5 Å². The van der Waals surface area contributed by atoms with E-state index in [9.17, 15) is 9.18 Å². The van der Waals surface area contributed by atoms with Gasteiger partial charge in [0, 0.05) is 6.20 Å². The molecule has 1 unspecified atom stereocenters. The van der Waals surface area contributed by atoms with E-state index < -0.39 is 11.7 Å². The normalized spacial score (nSPS) is 12.5. The minimum atomic E-state index is -0.402. The predicted molar refractivity (Wildman–Crippen MR) is 47.9 cm³/mol. The first-order valence-electron chi connectivity index (χ1n) is 4.27. The molecule has 1 aromatic heterocycles. The number of hydrogen-bond acceptors (Lipinski definition) is 2. The van der Waals surface area contributed by atoms with Crippen LogP contribution in [0.1, 0.15) is 31.9 Å². The smallest absolute Gasteiger partial charge is 0.145 e. The Morgan fingerprint density at radius 1 is 1.69 bits per heavy atom. The highest BCUT2D eigenvalue weighted by Crippen LogP contribution is 2.20. The molecule has 0 aliphatic rings. The number of nitrogens with zero attached hydrogens (tertiary/aromatic N) is 1. The summed E-state index contributed by atoms with van der Waals surface area (Å²) in [4.78, 5) is 15.0. The van der Waals surface area contributed by atoms with Crippen LogP contribution in [0.2, 0.25) is 0 Å². The van der Waals surface area contributed by atoms with Gasteiger partial charge in [0.1, 0.15) is 11.6 Å². The Kier molecular flexibility index (Phi) is 3.12. The van der Waals surface area contributed by atoms with E-state index in [1.165, 1.54) is 25.3 Å². The molecule has 0 aromatic carbocycles. The van der Waals surface area contributed by atoms with Gasteiger partial charge in [0.2, 0.25) is 0 Å². The number of ketones is 1. The van der Waals surface area contributed by atoms with Crippen LogP contribution in [0.4, 0.5) is 4.39 Å². The molecule has 0 aliphatic carbocycles. The molecule has 1 heterocycles. The van der Waals surface area contributed by atoms with Gasteiger partial charge in [-0.15, -0.1) is 0 Å². The zero-order valence-electron chi connectivity index (χ0n) is 7.75. The monoisotopic (exact) mass is 181 g/mol. The third kappa shape index (κ3) is 2.11. The van der Waals surface area contributed by atoms with E-state index in [4.69, 9.17) is 0 Å². The summed E-state index contributed by atoms with van der Waals surface area (Å²) in [6.45, 7) is 3.31. The molecular weight excluding hydrogens is 169 g/mol. The van der Waals surface area contributed by atoms with E-state index in [2.05, 4.69) is 4.98 Å². The van der Waals surface area contributed by atoms with Crippen molar-refractivity contribution < 1.29 is 9.18 Å². The second kappa shape index (κ2) is 4.12. The van der Waals surface area contributed by atoms with Crippen LogP contribution in [0.3, 0.4) is 0 Å². The SMILES string of the molecule is CCC(C(C)=O)c1ncccc1F. The topological polar surface area (TPSA) is 30.0 Å². The van der Waals surface area contributed by atoms with Crippen molar-refractivity contribution in [2.45, 2.75) is 26.2 Å². The number of carbonyl (C=O) groups excluding carboxylic acids is 1. The minimum absolute atomic E-state index is 0.0416. The molecule has 0 aliphatic heterocycles. The summed E-state index contributed by atoms with van der Waals surface area (Å²) in [5.41, 5.74) is 0.262. The molecule has 0 fully saturated rings. The van der Waals surface area contributed by atoms with Gasteiger partial charge in [0.15, 0.2) is 0 Å². The van der Waals surface area contributed by atoms with E-state index in [0.717, 1.165) is 0 Å². The summed E-state index contributed by atoms with van der Waals surface area (Å²) < 4.78 is 13.2. The Morgan fingerprint density at radius 3 is 2.85 bits per heavy atom. The molecule has 3 heteroatoms. The lowest BCUT2D eigenvalue weighted by molar-refractivity contribution is -0.118. The standard InChI is InChI=1S/C10H12FNO/c1-3-8(7(2)13)10-9(11)5-4-6-12-10/h4-6,8H,3H2,1-2H3. The Morgan fingerprint density at radius 2 is 2.38 bits per heavy atom. The number of Topliss-reactive ketones (excluding diaryl/α,β-unsaturated/α-hetero) is 1. The van der Waals surface area contributed by atoms with E-state index >= 15 is 0 Å². The Labute approximate surface area is 76.8 Å². The maximum absolute atomic E-state index is 13.2. The second-order valence-corrected chi connectivity index (χ2v) is 2.94. The number of carbonyl (C=O) groups is 1. The first-order chi connectivity index (χ1) is 6.16. The molecule has 0 amide bonds. The minimum Gasteiger partial charge on any atom is -0.299 e. The second-order valence-electron chi connectivity index (χ2n) is 2.94. The van der Waals surface area contributed by atoms with E-state index in [-0.39, 0.29) is 11.5 Å². The summed E-state index contributed by atoms with van der Waals surface area (Å²) >= 11 is 0. The molecule has 70 valence electrons. The van der Waals surface area contributed by atoms with Crippen LogP contribution < -0.4 is 0 Å². The molecule has 2 nitrogen and oxygen atoms in total. The van der Waals surface area contributed by atoms with E-state index in [0.29, 0.717) is 6.42 Å². The number of aromatic nitrogens is 1. The fourth-order valence-electron chi connectivity index (χ4n) is 1.33. The largest absolute Gasteiger partial charge is 0.299 e. The fourth-order valence-corrected chi connectivity index (χ4v) is 1.33. The summed E-state index contributed by atoms with van der Waals surface area (Å²) in [5, 5.41) is 0. The molecular formula is C10H12FNO. The molecule has 1 rings (SSSR count). The van der Waals surface area contributed by atoms with Crippen molar-refractivity contribution in [1.82, 2.24) is 4.98 Å². The maximum atomic E-state index is 13.2. The lowest BCUT2D eigenvalue weighted by Crippen LogP contribution is -2.11. The van der Waals surface area contributed by atoms with Gasteiger partial charge >= 0.3 is 0 Å². The van der Waals surface area contributed by atoms with Gasteiger partial charge in [-0.2, -0.15) is 0 Å². The zero-order chi connectivity index (χ0) is 9.84. The number of pyridine rings is 1. The van der Waals surface area contributed by atoms with Crippen molar-refractivity contribution >= 4 is 5.78 Å². The summed E-state index contributed by atoms with van der Waals surface area (Å²) in [6.07, 6.45) is 2.09. The molecule has 13 heavy (non-hydrogen) atoms. The summed E-state index contributed by atoms with van der Waals surface area (Å²) in [6, 6.07) is 2.85. The van der Waals surface area contributed by atoms with Crippen LogP contribution in [-0.4, -0.2) is 10.8 Å². The molecule has 0 radical (unpaired) electrons. The first kappa shape index (κ1) is 9.84. The van der Waals surface area contributed by atoms with Crippen molar-refractivity contribution in [1.29, 1.82) is 0 Å². The number of rotatable bonds is 3. The molecule has 0 spiro atoms. The van der Waals surface area contributed by atoms with Crippen LogP contribution in [0.25, 0.3) is 0 Å². The first-order valence-corrected chi connectivity index (χ1v) is 4.27. The van der Waals surface area contributed by atoms with Gasteiger partial charge in [-0.3, -0.25) is 9.78 Å². The van der Waals surface area contributed by atoms with Crippen molar-refractivity contribution in [2.75, 3.05) is 0 Å². The molecule has 0 bridgehead atoms. The highest BCUT2D eigenvalue weighted by molar-refractivity contribution is 5.82. The van der Waals surface area contributed by atoms with Crippen molar-refractivity contribution in [2.24, 2.45) is 0 Å². The molecule has 0 saturated carbocycles. The highest BCUT2D eigenvalue weighted by Gasteiger charge is 2.19. The zero-order valence-corrected chi connectivity index (χ0v) is 7.75. The lowest BCUT2D eigenvalue weighted by atomic mass is 9.97. The average Bonchev–Trinajstić information content (AvgIpc) is 2.09. The van der Waals surface area contributed by atoms with Crippen LogP contribution in [-0.2, 0) is 4.79 Å². The molecule has 1 atom stereocenters. The fraction of sp³-hybridized carbons (Fsp3) is 0.400. The van der Waals surface area contributed by atoms with Crippen LogP contribution in [0, 0.1) is 5.82 Å². The number of halogens is 1. The molecule has 1 aromatic rings. The quantitative estimate of drug-likeness (QED) is 0.716. The van der Waals surface area contributed by atoms with Crippen molar-refractivity contribution in [3.8, 4) is 0 Å². The molecule has 0 saturated heterocycles. The Bertz CT molecular complexity index is 312. The van der Waals surface area contributed by atoms with Gasteiger partial charge in [0.05, 0.1) is 11.6 Å². The van der Waals surface area contributed by atoms with Gasteiger partial charge in [-0.25, -0.2) is 4.39 Å². The third-order valence-electron chi connectivity index (χ3n) is 2.02. The van der Waals surface area contributed by atoms with Crippen LogP contribution >= 0.6 is 0 Å². The predicted octanol–water partition coefficient (Wildman–Crippen LogP) is 2.30. The van der Waals surface area contributed by atoms with Crippen molar-refractivity contribution in [3.05, 3.63) is 29.8 Å². The summed E-state index contributed by atoms with van der Waals surface area (Å²) in [5.74, 6) is -0.842. The van der Waals surface area contributed by atoms with Crippen LogP contribution in [0.5, 0.6) is 0 Å². The Hall–Kier alpha value is -1.25. The van der Waals surface area contributed by atoms with Gasteiger partial charge < -0.3 is 0 Å². The van der Waals surface area contributed by atoms with E-state index in [1.807, 2.05) is 6.92 Å². The third-order valence-corrected chi connectivity index (χ3v) is 2.02. The van der Waals surface area contributed by atoms with Crippen molar-refractivity contribution in [3.63, 3.8) is 0 Å².